The number of hydrogen-bond donors (Lipinski definition) is 3. The van der Waals surface area contributed by atoms with Crippen LogP contribution < -0.4 is 20.9 Å². The highest BCUT2D eigenvalue weighted by Crippen LogP contribution is 2.40. The fourth-order valence-corrected chi connectivity index (χ4v) is 5.70. The number of aliphatic hydroxyl groups excluding tert-OH is 1. The van der Waals surface area contributed by atoms with Crippen molar-refractivity contribution in [2.75, 3.05) is 23.5 Å². The summed E-state index contributed by atoms with van der Waals surface area (Å²) in [6.45, 7) is 1.13. The third-order valence-electron chi connectivity index (χ3n) is 6.48. The number of nitrogens with two attached hydrogens (primary N) is 2. The van der Waals surface area contributed by atoms with Gasteiger partial charge in [0.1, 0.15) is 18.1 Å². The van der Waals surface area contributed by atoms with Gasteiger partial charge in [-0.3, -0.25) is 9.31 Å². The number of hydrogen-bond acceptors (Lipinski definition) is 8. The Balaban J connectivity index is 1.96. The van der Waals surface area contributed by atoms with E-state index >= 15 is 0 Å². The van der Waals surface area contributed by atoms with E-state index in [9.17, 15) is 18.3 Å². The van der Waals surface area contributed by atoms with Crippen LogP contribution in [0.5, 0.6) is 0 Å². The molecular formula is C28H26Cl3F3N6O2S. The van der Waals surface area contributed by atoms with Crippen LogP contribution in [0.2, 0.25) is 15.1 Å². The number of aryl methyl sites for hydroxylation is 1. The number of anilines is 2. The molecule has 0 spiro atoms. The van der Waals surface area contributed by atoms with Crippen molar-refractivity contribution in [2.24, 2.45) is 11.6 Å². The van der Waals surface area contributed by atoms with E-state index in [-0.39, 0.29) is 34.5 Å². The molecule has 1 heterocycles. The van der Waals surface area contributed by atoms with Gasteiger partial charge in [-0.15, -0.1) is 0 Å². The standard InChI is InChI=1S/C28H26Cl3F3N6O2S/c1-15-37-27(28(32,33)34)13-39(15)23-7-4-16(17-8-21(30)20(14-41)24(10-17)38(2)43-42-3)9-25(23)40(36)26(12-35)19-6-5-18(29)11-22(19)31/h4-13,41H,14,35-36H2,1-3H3/b26-12-. The molecule has 0 radical (unpaired) electrons. The fraction of sp³-hybridized carbons (Fsp3) is 0.179. The Morgan fingerprint density at radius 2 is 1.77 bits per heavy atom. The Morgan fingerprint density at radius 1 is 1.07 bits per heavy atom. The molecule has 1 aromatic heterocycles. The minimum Gasteiger partial charge on any atom is -0.403 e. The number of alkyl halides is 3. The third kappa shape index (κ3) is 6.86. The molecule has 228 valence electrons. The molecule has 0 saturated heterocycles. The van der Waals surface area contributed by atoms with Crippen molar-refractivity contribution in [3.8, 4) is 16.8 Å². The van der Waals surface area contributed by atoms with Crippen molar-refractivity contribution in [2.45, 2.75) is 19.7 Å². The second kappa shape index (κ2) is 13.3. The van der Waals surface area contributed by atoms with E-state index < -0.39 is 11.9 Å². The predicted octanol–water partition coefficient (Wildman–Crippen LogP) is 7.60. The van der Waals surface area contributed by atoms with E-state index in [1.165, 1.54) is 35.9 Å². The SMILES string of the molecule is COSN(C)c1cc(-c2ccc(-n3cc(C(F)(F)F)nc3C)c(N(N)/C(=C\N)c3ccc(Cl)cc3Cl)c2)cc(Cl)c1CO. The molecule has 0 atom stereocenters. The van der Waals surface area contributed by atoms with E-state index in [0.29, 0.717) is 38.0 Å². The van der Waals surface area contributed by atoms with E-state index in [0.717, 1.165) is 18.4 Å². The van der Waals surface area contributed by atoms with Gasteiger partial charge in [0.2, 0.25) is 0 Å². The van der Waals surface area contributed by atoms with Crippen LogP contribution in [-0.2, 0) is 17.0 Å². The molecule has 0 aliphatic rings. The van der Waals surface area contributed by atoms with Gasteiger partial charge in [-0.1, -0.05) is 40.9 Å². The van der Waals surface area contributed by atoms with Crippen molar-refractivity contribution in [3.05, 3.63) is 98.6 Å². The van der Waals surface area contributed by atoms with Crippen LogP contribution in [0.15, 0.2) is 60.9 Å². The summed E-state index contributed by atoms with van der Waals surface area (Å²) in [6, 6.07) is 13.2. The van der Waals surface area contributed by atoms with Crippen molar-refractivity contribution in [1.29, 1.82) is 0 Å². The lowest BCUT2D eigenvalue weighted by Gasteiger charge is -2.27. The maximum atomic E-state index is 13.6. The molecule has 0 amide bonds. The fourth-order valence-electron chi connectivity index (χ4n) is 4.46. The quantitative estimate of drug-likeness (QED) is 0.0722. The van der Waals surface area contributed by atoms with Gasteiger partial charge in [0, 0.05) is 40.6 Å². The average Bonchev–Trinajstić information content (AvgIpc) is 3.35. The van der Waals surface area contributed by atoms with E-state index in [4.69, 9.17) is 50.6 Å². The van der Waals surface area contributed by atoms with Gasteiger partial charge < -0.3 is 19.6 Å². The predicted molar refractivity (Wildman–Crippen MR) is 168 cm³/mol. The zero-order chi connectivity index (χ0) is 31.6. The Hall–Kier alpha value is -3.10. The third-order valence-corrected chi connectivity index (χ3v) is 7.94. The Kier molecular flexibility index (Phi) is 10.1. The highest BCUT2D eigenvalue weighted by molar-refractivity contribution is 7.96. The zero-order valence-corrected chi connectivity index (χ0v) is 26.0. The first-order valence-electron chi connectivity index (χ1n) is 12.4. The molecule has 0 unspecified atom stereocenters. The molecule has 5 N–H and O–H groups in total. The van der Waals surface area contributed by atoms with Crippen LogP contribution in [0.3, 0.4) is 0 Å². The summed E-state index contributed by atoms with van der Waals surface area (Å²) in [5, 5.41) is 12.1. The summed E-state index contributed by atoms with van der Waals surface area (Å²) in [5.41, 5.74) is 8.47. The van der Waals surface area contributed by atoms with Crippen LogP contribution in [0.25, 0.3) is 22.5 Å². The molecule has 0 saturated carbocycles. The van der Waals surface area contributed by atoms with Gasteiger partial charge in [-0.2, -0.15) is 13.2 Å². The first-order chi connectivity index (χ1) is 20.3. The summed E-state index contributed by atoms with van der Waals surface area (Å²) < 4.78 is 48.9. The van der Waals surface area contributed by atoms with Crippen molar-refractivity contribution < 1.29 is 22.5 Å². The second-order valence-corrected chi connectivity index (χ2v) is 11.4. The van der Waals surface area contributed by atoms with Crippen LogP contribution in [0, 0.1) is 6.92 Å². The van der Waals surface area contributed by atoms with Crippen molar-refractivity contribution in [1.82, 2.24) is 9.55 Å². The Bertz CT molecular complexity index is 1680. The minimum atomic E-state index is -4.66. The summed E-state index contributed by atoms with van der Waals surface area (Å²) >= 11 is 20.1. The highest BCUT2D eigenvalue weighted by atomic mass is 35.5. The van der Waals surface area contributed by atoms with Crippen molar-refractivity contribution in [3.63, 3.8) is 0 Å². The maximum absolute atomic E-state index is 13.6. The number of aliphatic hydroxyl groups is 1. The summed E-state index contributed by atoms with van der Waals surface area (Å²) in [7, 11) is 3.25. The van der Waals surface area contributed by atoms with Crippen LogP contribution in [-0.4, -0.2) is 28.8 Å². The second-order valence-electron chi connectivity index (χ2n) is 9.14. The lowest BCUT2D eigenvalue weighted by atomic mass is 10.0. The lowest BCUT2D eigenvalue weighted by molar-refractivity contribution is -0.141. The summed E-state index contributed by atoms with van der Waals surface area (Å²) in [5.74, 6) is 6.74. The molecule has 15 heteroatoms. The molecule has 4 aromatic rings. The van der Waals surface area contributed by atoms with Gasteiger partial charge in [0.25, 0.3) is 0 Å². The smallest absolute Gasteiger partial charge is 0.403 e. The van der Waals surface area contributed by atoms with Crippen molar-refractivity contribution >= 4 is 64.1 Å². The number of nitrogens with zero attached hydrogens (tertiary/aromatic N) is 4. The van der Waals surface area contributed by atoms with Crippen LogP contribution in [0.1, 0.15) is 22.6 Å². The molecule has 4 rings (SSSR count). The molecule has 3 aromatic carbocycles. The van der Waals surface area contributed by atoms with Gasteiger partial charge in [-0.05, 0) is 60.5 Å². The molecule has 0 fully saturated rings. The number of rotatable bonds is 9. The lowest BCUT2D eigenvalue weighted by Crippen LogP contribution is -2.31. The normalized spacial score (nSPS) is 12.1. The Labute approximate surface area is 265 Å². The minimum absolute atomic E-state index is 0.0772. The molecular weight excluding hydrogens is 648 g/mol. The number of aromatic nitrogens is 2. The molecule has 8 nitrogen and oxygen atoms in total. The van der Waals surface area contributed by atoms with E-state index in [1.807, 2.05) is 0 Å². The highest BCUT2D eigenvalue weighted by Gasteiger charge is 2.35. The first kappa shape index (κ1) is 32.8. The molecule has 0 aliphatic carbocycles. The average molecular weight is 674 g/mol. The molecule has 0 aliphatic heterocycles. The summed E-state index contributed by atoms with van der Waals surface area (Å²) in [6.07, 6.45) is -2.54. The van der Waals surface area contributed by atoms with Gasteiger partial charge in [0.05, 0.1) is 41.5 Å². The van der Waals surface area contributed by atoms with Gasteiger partial charge in [0.15, 0.2) is 5.69 Å². The topological polar surface area (TPSA) is 106 Å². The van der Waals surface area contributed by atoms with Crippen LogP contribution >= 0.6 is 47.0 Å². The number of hydrazine groups is 1. The molecule has 43 heavy (non-hydrogen) atoms. The molecule has 0 bridgehead atoms. The first-order valence-corrected chi connectivity index (χ1v) is 14.2. The summed E-state index contributed by atoms with van der Waals surface area (Å²) in [4.78, 5) is 3.71. The van der Waals surface area contributed by atoms with E-state index in [2.05, 4.69) is 4.98 Å². The van der Waals surface area contributed by atoms with Gasteiger partial charge >= 0.3 is 6.18 Å². The Morgan fingerprint density at radius 3 is 2.35 bits per heavy atom. The van der Waals surface area contributed by atoms with Gasteiger partial charge in [-0.25, -0.2) is 10.8 Å². The monoisotopic (exact) mass is 672 g/mol. The number of benzene rings is 3. The number of halogens is 6. The van der Waals surface area contributed by atoms with Crippen LogP contribution in [0.4, 0.5) is 24.5 Å². The van der Waals surface area contributed by atoms with E-state index in [1.54, 1.807) is 53.8 Å². The largest absolute Gasteiger partial charge is 0.434 e. The maximum Gasteiger partial charge on any atom is 0.434 e. The number of imidazole rings is 1. The zero-order valence-electron chi connectivity index (χ0n) is 23.0.